The molecular formula is C24H16BrNO6. The van der Waals surface area contributed by atoms with Gasteiger partial charge in [0.05, 0.1) is 42.5 Å². The molecule has 1 aliphatic rings. The van der Waals surface area contributed by atoms with E-state index in [1.54, 1.807) is 54.6 Å². The summed E-state index contributed by atoms with van der Waals surface area (Å²) in [5, 5.41) is 0.377. The van der Waals surface area contributed by atoms with Crippen molar-refractivity contribution in [3.05, 3.63) is 104 Å². The minimum Gasteiger partial charge on any atom is -0.467 e. The van der Waals surface area contributed by atoms with Gasteiger partial charge in [-0.25, -0.2) is 4.79 Å². The van der Waals surface area contributed by atoms with E-state index in [2.05, 4.69) is 15.9 Å². The Hall–Kier alpha value is -3.65. The number of benzene rings is 2. The van der Waals surface area contributed by atoms with Gasteiger partial charge < -0.3 is 18.5 Å². The van der Waals surface area contributed by atoms with Crippen LogP contribution in [-0.4, -0.2) is 23.9 Å². The van der Waals surface area contributed by atoms with Gasteiger partial charge in [0, 0.05) is 4.47 Å². The van der Waals surface area contributed by atoms with Crippen LogP contribution in [0.1, 0.15) is 43.8 Å². The molecule has 0 N–H and O–H groups in total. The summed E-state index contributed by atoms with van der Waals surface area (Å²) in [5.74, 6) is -0.289. The Kier molecular flexibility index (Phi) is 4.94. The number of rotatable bonds is 4. The molecule has 0 fully saturated rings. The van der Waals surface area contributed by atoms with Crippen LogP contribution in [0.3, 0.4) is 0 Å². The van der Waals surface area contributed by atoms with E-state index >= 15 is 0 Å². The molecule has 2 aromatic heterocycles. The predicted molar refractivity (Wildman–Crippen MR) is 118 cm³/mol. The molecule has 5 rings (SSSR count). The SMILES string of the molecule is COC(=O)c1ccc(C2c3c(oc4ccc(Br)cc4c3=O)C(=O)N2Cc2ccco2)cc1. The Bertz CT molecular complexity index is 1410. The van der Waals surface area contributed by atoms with Gasteiger partial charge in [0.2, 0.25) is 5.76 Å². The fourth-order valence-corrected chi connectivity index (χ4v) is 4.35. The lowest BCUT2D eigenvalue weighted by molar-refractivity contribution is 0.0599. The minimum atomic E-state index is -0.700. The summed E-state index contributed by atoms with van der Waals surface area (Å²) >= 11 is 3.38. The highest BCUT2D eigenvalue weighted by Crippen LogP contribution is 2.39. The Labute approximate surface area is 190 Å². The van der Waals surface area contributed by atoms with Crippen LogP contribution in [0.4, 0.5) is 0 Å². The maximum Gasteiger partial charge on any atom is 0.337 e. The molecule has 8 heteroatoms. The van der Waals surface area contributed by atoms with E-state index in [0.717, 1.165) is 4.47 Å². The number of nitrogens with zero attached hydrogens (tertiary/aromatic N) is 1. The number of halogens is 1. The normalized spacial score (nSPS) is 15.2. The van der Waals surface area contributed by atoms with Crippen LogP contribution in [-0.2, 0) is 11.3 Å². The van der Waals surface area contributed by atoms with Gasteiger partial charge in [0.25, 0.3) is 5.91 Å². The first kappa shape index (κ1) is 20.3. The van der Waals surface area contributed by atoms with Crippen LogP contribution >= 0.6 is 15.9 Å². The summed E-state index contributed by atoms with van der Waals surface area (Å²) in [6.07, 6.45) is 1.53. The van der Waals surface area contributed by atoms with Crippen molar-refractivity contribution in [3.63, 3.8) is 0 Å². The molecule has 32 heavy (non-hydrogen) atoms. The summed E-state index contributed by atoms with van der Waals surface area (Å²) in [4.78, 5) is 40.2. The first-order chi connectivity index (χ1) is 15.5. The van der Waals surface area contributed by atoms with Crippen molar-refractivity contribution in [3.8, 4) is 0 Å². The molecule has 2 aromatic carbocycles. The van der Waals surface area contributed by atoms with Gasteiger partial charge in [0.1, 0.15) is 11.3 Å². The number of esters is 1. The van der Waals surface area contributed by atoms with Gasteiger partial charge in [0.15, 0.2) is 5.43 Å². The van der Waals surface area contributed by atoms with Crippen molar-refractivity contribution < 1.29 is 23.2 Å². The summed E-state index contributed by atoms with van der Waals surface area (Å²) in [6.45, 7) is 0.152. The second-order valence-electron chi connectivity index (χ2n) is 7.34. The van der Waals surface area contributed by atoms with Gasteiger partial charge in [-0.3, -0.25) is 9.59 Å². The third-order valence-corrected chi connectivity index (χ3v) is 5.97. The molecule has 4 aromatic rings. The molecule has 0 saturated carbocycles. The van der Waals surface area contributed by atoms with Crippen molar-refractivity contribution >= 4 is 38.8 Å². The molecule has 0 saturated heterocycles. The Morgan fingerprint density at radius 3 is 2.59 bits per heavy atom. The number of furan rings is 1. The number of carbonyl (C=O) groups is 2. The largest absolute Gasteiger partial charge is 0.467 e. The second-order valence-corrected chi connectivity index (χ2v) is 8.26. The molecular weight excluding hydrogens is 478 g/mol. The number of fused-ring (bicyclic) bond motifs is 2. The average Bonchev–Trinajstić information content (AvgIpc) is 3.41. The van der Waals surface area contributed by atoms with Gasteiger partial charge in [-0.1, -0.05) is 28.1 Å². The van der Waals surface area contributed by atoms with Crippen molar-refractivity contribution in [2.75, 3.05) is 7.11 Å². The maximum atomic E-state index is 13.5. The van der Waals surface area contributed by atoms with Crippen LogP contribution in [0.25, 0.3) is 11.0 Å². The molecule has 1 atom stereocenters. The number of ether oxygens (including phenoxy) is 1. The molecule has 0 radical (unpaired) electrons. The number of methoxy groups -OCH3 is 1. The highest BCUT2D eigenvalue weighted by atomic mass is 79.9. The van der Waals surface area contributed by atoms with E-state index < -0.39 is 17.9 Å². The lowest BCUT2D eigenvalue weighted by atomic mass is 9.97. The Morgan fingerprint density at radius 1 is 1.12 bits per heavy atom. The molecule has 1 unspecified atom stereocenters. The fourth-order valence-electron chi connectivity index (χ4n) is 3.99. The highest BCUT2D eigenvalue weighted by Gasteiger charge is 2.43. The zero-order chi connectivity index (χ0) is 22.4. The monoisotopic (exact) mass is 493 g/mol. The van der Waals surface area contributed by atoms with Crippen LogP contribution in [0.5, 0.6) is 0 Å². The van der Waals surface area contributed by atoms with Crippen molar-refractivity contribution in [1.82, 2.24) is 4.90 Å². The molecule has 0 spiro atoms. The second kappa shape index (κ2) is 7.80. The number of amides is 1. The van der Waals surface area contributed by atoms with Crippen molar-refractivity contribution in [1.29, 1.82) is 0 Å². The quantitative estimate of drug-likeness (QED) is 0.383. The van der Waals surface area contributed by atoms with Crippen LogP contribution in [0.15, 0.2) is 79.0 Å². The van der Waals surface area contributed by atoms with Crippen LogP contribution in [0.2, 0.25) is 0 Å². The first-order valence-electron chi connectivity index (χ1n) is 9.76. The number of hydrogen-bond acceptors (Lipinski definition) is 6. The van der Waals surface area contributed by atoms with Gasteiger partial charge in [-0.2, -0.15) is 0 Å². The zero-order valence-corrected chi connectivity index (χ0v) is 18.4. The minimum absolute atomic E-state index is 0.0124. The molecule has 0 aliphatic carbocycles. The predicted octanol–water partition coefficient (Wildman–Crippen LogP) is 4.68. The van der Waals surface area contributed by atoms with Gasteiger partial charge in [-0.05, 0) is 48.0 Å². The van der Waals surface area contributed by atoms with E-state index in [-0.39, 0.29) is 23.3 Å². The fraction of sp³-hybridized carbons (Fsp3) is 0.125. The molecule has 160 valence electrons. The number of carbonyl (C=O) groups excluding carboxylic acids is 2. The van der Waals surface area contributed by atoms with E-state index in [1.165, 1.54) is 18.3 Å². The summed E-state index contributed by atoms with van der Waals surface area (Å²) in [7, 11) is 1.31. The first-order valence-corrected chi connectivity index (χ1v) is 10.5. The summed E-state index contributed by atoms with van der Waals surface area (Å²) in [6, 6.07) is 14.5. The van der Waals surface area contributed by atoms with Crippen LogP contribution < -0.4 is 5.43 Å². The summed E-state index contributed by atoms with van der Waals surface area (Å²) < 4.78 is 16.9. The lowest BCUT2D eigenvalue weighted by Gasteiger charge is -2.24. The molecule has 0 bridgehead atoms. The Morgan fingerprint density at radius 2 is 1.91 bits per heavy atom. The average molecular weight is 494 g/mol. The number of hydrogen-bond donors (Lipinski definition) is 0. The maximum absolute atomic E-state index is 13.5. The standard InChI is InChI=1S/C24H16BrNO6/c1-30-24(29)14-6-4-13(5-7-14)20-19-21(27)17-11-15(25)8-9-18(17)32-22(19)23(28)26(20)12-16-3-2-10-31-16/h2-11,20H,12H2,1H3. The third-order valence-electron chi connectivity index (χ3n) is 5.48. The molecule has 1 amide bonds. The van der Waals surface area contributed by atoms with Gasteiger partial charge in [-0.15, -0.1) is 0 Å². The van der Waals surface area contributed by atoms with Gasteiger partial charge >= 0.3 is 5.97 Å². The lowest BCUT2D eigenvalue weighted by Crippen LogP contribution is -2.29. The molecule has 7 nitrogen and oxygen atoms in total. The van der Waals surface area contributed by atoms with Crippen molar-refractivity contribution in [2.45, 2.75) is 12.6 Å². The molecule has 3 heterocycles. The van der Waals surface area contributed by atoms with Crippen molar-refractivity contribution in [2.24, 2.45) is 0 Å². The highest BCUT2D eigenvalue weighted by molar-refractivity contribution is 9.10. The topological polar surface area (TPSA) is 90.0 Å². The third kappa shape index (κ3) is 3.23. The Balaban J connectivity index is 1.70. The van der Waals surface area contributed by atoms with E-state index in [0.29, 0.717) is 27.9 Å². The van der Waals surface area contributed by atoms with E-state index in [1.807, 2.05) is 0 Å². The van der Waals surface area contributed by atoms with E-state index in [9.17, 15) is 14.4 Å². The van der Waals surface area contributed by atoms with E-state index in [4.69, 9.17) is 13.6 Å². The zero-order valence-electron chi connectivity index (χ0n) is 16.8. The molecule has 1 aliphatic heterocycles. The smallest absolute Gasteiger partial charge is 0.337 e. The van der Waals surface area contributed by atoms with Crippen LogP contribution in [0, 0.1) is 0 Å². The summed E-state index contributed by atoms with van der Waals surface area (Å²) in [5.41, 5.74) is 1.36.